The maximum atomic E-state index is 10.8. The molecule has 78 valence electrons. The quantitative estimate of drug-likeness (QED) is 0.751. The fourth-order valence-corrected chi connectivity index (χ4v) is 2.15. The van der Waals surface area contributed by atoms with E-state index in [9.17, 15) is 8.42 Å². The van der Waals surface area contributed by atoms with Crippen molar-refractivity contribution < 1.29 is 8.42 Å². The second kappa shape index (κ2) is 4.32. The molecule has 0 fully saturated rings. The Morgan fingerprint density at radius 1 is 1.21 bits per heavy atom. The molecule has 0 saturated carbocycles. The summed E-state index contributed by atoms with van der Waals surface area (Å²) in [6, 6.07) is 5.91. The highest BCUT2D eigenvalue weighted by atomic mass is 35.7. The van der Waals surface area contributed by atoms with Crippen LogP contribution >= 0.6 is 10.7 Å². The van der Waals surface area contributed by atoms with Gasteiger partial charge in [0.15, 0.2) is 0 Å². The van der Waals surface area contributed by atoms with E-state index >= 15 is 0 Å². The summed E-state index contributed by atoms with van der Waals surface area (Å²) in [6.45, 7) is 3.95. The van der Waals surface area contributed by atoms with E-state index in [4.69, 9.17) is 10.7 Å². The average Bonchev–Trinajstić information content (AvgIpc) is 2.01. The van der Waals surface area contributed by atoms with Crippen molar-refractivity contribution in [2.24, 2.45) is 0 Å². The lowest BCUT2D eigenvalue weighted by Crippen LogP contribution is -2.04. The highest BCUT2D eigenvalue weighted by Crippen LogP contribution is 2.15. The van der Waals surface area contributed by atoms with E-state index in [-0.39, 0.29) is 5.75 Å². The van der Waals surface area contributed by atoms with Crippen molar-refractivity contribution in [1.29, 1.82) is 0 Å². The number of benzene rings is 1. The van der Waals surface area contributed by atoms with Gasteiger partial charge in [0.1, 0.15) is 0 Å². The third kappa shape index (κ3) is 3.31. The molecule has 0 heterocycles. The molecule has 1 aromatic carbocycles. The first-order valence-corrected chi connectivity index (χ1v) is 6.85. The Labute approximate surface area is 89.3 Å². The fraction of sp³-hybridized carbons (Fsp3) is 0.400. The Hall–Kier alpha value is -0.540. The molecule has 0 bridgehead atoms. The predicted molar refractivity (Wildman–Crippen MR) is 59.3 cm³/mol. The van der Waals surface area contributed by atoms with Crippen LogP contribution < -0.4 is 0 Å². The van der Waals surface area contributed by atoms with E-state index in [1.165, 1.54) is 0 Å². The Kier molecular flexibility index (Phi) is 3.56. The Morgan fingerprint density at radius 3 is 2.14 bits per heavy atom. The Balaban J connectivity index is 2.87. The number of hydrogen-bond acceptors (Lipinski definition) is 2. The van der Waals surface area contributed by atoms with Gasteiger partial charge in [0, 0.05) is 10.7 Å². The smallest absolute Gasteiger partial charge is 0.212 e. The third-order valence-electron chi connectivity index (χ3n) is 2.24. The molecule has 0 saturated heterocycles. The fourth-order valence-electron chi connectivity index (χ4n) is 1.47. The lowest BCUT2D eigenvalue weighted by atomic mass is 10.0. The molecule has 0 N–H and O–H groups in total. The van der Waals surface area contributed by atoms with E-state index in [1.807, 2.05) is 32.0 Å². The molecule has 0 unspecified atom stereocenters. The largest absolute Gasteiger partial charge is 0.232 e. The van der Waals surface area contributed by atoms with Crippen molar-refractivity contribution in [3.8, 4) is 0 Å². The summed E-state index contributed by atoms with van der Waals surface area (Å²) in [4.78, 5) is 0. The van der Waals surface area contributed by atoms with Crippen molar-refractivity contribution in [2.45, 2.75) is 20.3 Å². The van der Waals surface area contributed by atoms with E-state index in [0.29, 0.717) is 6.42 Å². The van der Waals surface area contributed by atoms with Crippen molar-refractivity contribution >= 4 is 19.7 Å². The first kappa shape index (κ1) is 11.5. The topological polar surface area (TPSA) is 34.1 Å². The first-order chi connectivity index (χ1) is 6.40. The van der Waals surface area contributed by atoms with Gasteiger partial charge >= 0.3 is 0 Å². The monoisotopic (exact) mass is 232 g/mol. The van der Waals surface area contributed by atoms with Crippen LogP contribution in [0, 0.1) is 13.8 Å². The zero-order chi connectivity index (χ0) is 10.8. The summed E-state index contributed by atoms with van der Waals surface area (Å²) in [6.07, 6.45) is 0.490. The van der Waals surface area contributed by atoms with Gasteiger partial charge in [-0.25, -0.2) is 8.42 Å². The molecule has 2 nitrogen and oxygen atoms in total. The molecule has 0 spiro atoms. The molecule has 4 heteroatoms. The lowest BCUT2D eigenvalue weighted by Gasteiger charge is -2.07. The SMILES string of the molecule is Cc1cccc(C)c1CCS(=O)(=O)Cl. The minimum Gasteiger partial charge on any atom is -0.212 e. The number of halogens is 1. The molecule has 0 aliphatic heterocycles. The van der Waals surface area contributed by atoms with Crippen LogP contribution in [-0.4, -0.2) is 14.2 Å². The summed E-state index contributed by atoms with van der Waals surface area (Å²) >= 11 is 0. The molecule has 0 radical (unpaired) electrons. The molecule has 0 aliphatic carbocycles. The summed E-state index contributed by atoms with van der Waals surface area (Å²) in [5, 5.41) is 0. The molecule has 0 amide bonds. The van der Waals surface area contributed by atoms with E-state index < -0.39 is 9.05 Å². The van der Waals surface area contributed by atoms with E-state index in [1.54, 1.807) is 0 Å². The van der Waals surface area contributed by atoms with Crippen LogP contribution in [0.1, 0.15) is 16.7 Å². The molecular formula is C10H13ClO2S. The maximum absolute atomic E-state index is 10.8. The summed E-state index contributed by atoms with van der Waals surface area (Å²) in [7, 11) is 1.78. The number of rotatable bonds is 3. The van der Waals surface area contributed by atoms with Crippen molar-refractivity contribution in [3.05, 3.63) is 34.9 Å². The van der Waals surface area contributed by atoms with Gasteiger partial charge in [-0.15, -0.1) is 0 Å². The lowest BCUT2D eigenvalue weighted by molar-refractivity contribution is 0.609. The van der Waals surface area contributed by atoms with Gasteiger partial charge in [-0.3, -0.25) is 0 Å². The van der Waals surface area contributed by atoms with E-state index in [0.717, 1.165) is 16.7 Å². The maximum Gasteiger partial charge on any atom is 0.232 e. The summed E-state index contributed by atoms with van der Waals surface area (Å²) in [5.41, 5.74) is 3.31. The van der Waals surface area contributed by atoms with E-state index in [2.05, 4.69) is 0 Å². The number of hydrogen-bond donors (Lipinski definition) is 0. The third-order valence-corrected chi connectivity index (χ3v) is 3.40. The molecule has 0 atom stereocenters. The molecule has 0 aromatic heterocycles. The zero-order valence-corrected chi connectivity index (χ0v) is 9.82. The van der Waals surface area contributed by atoms with Crippen LogP contribution in [-0.2, 0) is 15.5 Å². The van der Waals surface area contributed by atoms with Gasteiger partial charge < -0.3 is 0 Å². The molecule has 14 heavy (non-hydrogen) atoms. The van der Waals surface area contributed by atoms with Crippen LogP contribution in [0.3, 0.4) is 0 Å². The van der Waals surface area contributed by atoms with Crippen LogP contribution in [0.25, 0.3) is 0 Å². The Bertz CT molecular complexity index is 403. The van der Waals surface area contributed by atoms with Crippen molar-refractivity contribution in [3.63, 3.8) is 0 Å². The summed E-state index contributed by atoms with van der Waals surface area (Å²) < 4.78 is 21.6. The van der Waals surface area contributed by atoms with Crippen LogP contribution in [0.4, 0.5) is 0 Å². The van der Waals surface area contributed by atoms with Crippen LogP contribution in [0.15, 0.2) is 18.2 Å². The van der Waals surface area contributed by atoms with Gasteiger partial charge in [0.25, 0.3) is 0 Å². The van der Waals surface area contributed by atoms with Crippen LogP contribution in [0.5, 0.6) is 0 Å². The highest BCUT2D eigenvalue weighted by molar-refractivity contribution is 8.13. The Morgan fingerprint density at radius 2 is 1.71 bits per heavy atom. The normalized spacial score (nSPS) is 11.6. The van der Waals surface area contributed by atoms with Gasteiger partial charge in [-0.1, -0.05) is 18.2 Å². The van der Waals surface area contributed by atoms with Gasteiger partial charge in [0.2, 0.25) is 9.05 Å². The minimum atomic E-state index is -3.38. The molecule has 0 aliphatic rings. The van der Waals surface area contributed by atoms with Crippen molar-refractivity contribution in [2.75, 3.05) is 5.75 Å². The number of aryl methyl sites for hydroxylation is 2. The van der Waals surface area contributed by atoms with Gasteiger partial charge in [-0.05, 0) is 37.0 Å². The van der Waals surface area contributed by atoms with Crippen molar-refractivity contribution in [1.82, 2.24) is 0 Å². The van der Waals surface area contributed by atoms with Gasteiger partial charge in [-0.2, -0.15) is 0 Å². The van der Waals surface area contributed by atoms with Crippen LogP contribution in [0.2, 0.25) is 0 Å². The predicted octanol–water partition coefficient (Wildman–Crippen LogP) is 2.41. The van der Waals surface area contributed by atoms with Gasteiger partial charge in [0.05, 0.1) is 5.75 Å². The highest BCUT2D eigenvalue weighted by Gasteiger charge is 2.08. The minimum absolute atomic E-state index is 0.000247. The average molecular weight is 233 g/mol. The molecular weight excluding hydrogens is 220 g/mol. The standard InChI is InChI=1S/C10H13ClO2S/c1-8-4-3-5-9(2)10(8)6-7-14(11,12)13/h3-5H,6-7H2,1-2H3. The second-order valence-corrected chi connectivity index (χ2v) is 6.26. The first-order valence-electron chi connectivity index (χ1n) is 4.37. The summed E-state index contributed by atoms with van der Waals surface area (Å²) in [5.74, 6) is 0.000247. The molecule has 1 aromatic rings. The zero-order valence-electron chi connectivity index (χ0n) is 8.25. The molecule has 1 rings (SSSR count). The second-order valence-electron chi connectivity index (χ2n) is 3.36.